The maximum Gasteiger partial charge on any atom is 0.144 e. The van der Waals surface area contributed by atoms with Crippen molar-refractivity contribution in [2.45, 2.75) is 33.4 Å². The SMILES string of the molecule is CCCNc1cnc(CN(C)Cc2csc(C)n2)cn1. The third kappa shape index (κ3) is 4.54. The molecule has 0 amide bonds. The van der Waals surface area contributed by atoms with E-state index in [9.17, 15) is 0 Å². The molecule has 0 radical (unpaired) electrons. The van der Waals surface area contributed by atoms with Gasteiger partial charge in [-0.15, -0.1) is 11.3 Å². The average Bonchev–Trinajstić information content (AvgIpc) is 2.83. The smallest absolute Gasteiger partial charge is 0.144 e. The Hall–Kier alpha value is -1.53. The highest BCUT2D eigenvalue weighted by molar-refractivity contribution is 7.09. The van der Waals surface area contributed by atoms with Gasteiger partial charge in [0.1, 0.15) is 5.82 Å². The van der Waals surface area contributed by atoms with Gasteiger partial charge >= 0.3 is 0 Å². The van der Waals surface area contributed by atoms with Crippen LogP contribution in [0.3, 0.4) is 0 Å². The fourth-order valence-corrected chi connectivity index (χ4v) is 2.47. The maximum absolute atomic E-state index is 4.47. The Kier molecular flexibility index (Phi) is 5.43. The van der Waals surface area contributed by atoms with E-state index in [4.69, 9.17) is 0 Å². The van der Waals surface area contributed by atoms with Crippen molar-refractivity contribution in [2.24, 2.45) is 0 Å². The topological polar surface area (TPSA) is 53.9 Å². The van der Waals surface area contributed by atoms with Crippen molar-refractivity contribution >= 4 is 17.2 Å². The zero-order chi connectivity index (χ0) is 14.4. The van der Waals surface area contributed by atoms with E-state index in [1.54, 1.807) is 17.5 Å². The molecule has 0 saturated carbocycles. The van der Waals surface area contributed by atoms with Crippen molar-refractivity contribution in [3.05, 3.63) is 34.2 Å². The van der Waals surface area contributed by atoms with E-state index in [0.29, 0.717) is 0 Å². The standard InChI is InChI=1S/C14H21N5S/c1-4-5-15-14-7-16-12(6-17-14)8-19(3)9-13-10-20-11(2)18-13/h6-7,10H,4-5,8-9H2,1-3H3,(H,15,17). The van der Waals surface area contributed by atoms with Crippen LogP contribution in [0.1, 0.15) is 29.7 Å². The monoisotopic (exact) mass is 291 g/mol. The van der Waals surface area contributed by atoms with Crippen LogP contribution in [0.5, 0.6) is 0 Å². The van der Waals surface area contributed by atoms with Crippen molar-refractivity contribution < 1.29 is 0 Å². The molecule has 2 aromatic heterocycles. The van der Waals surface area contributed by atoms with Crippen LogP contribution in [0.15, 0.2) is 17.8 Å². The van der Waals surface area contributed by atoms with Crippen molar-refractivity contribution in [1.82, 2.24) is 19.9 Å². The first kappa shape index (κ1) is 14.9. The fraction of sp³-hybridized carbons (Fsp3) is 0.500. The molecule has 1 N–H and O–H groups in total. The lowest BCUT2D eigenvalue weighted by atomic mass is 10.3. The Balaban J connectivity index is 1.85. The second kappa shape index (κ2) is 7.31. The third-order valence-corrected chi connectivity index (χ3v) is 3.61. The first-order valence-corrected chi connectivity index (χ1v) is 7.69. The third-order valence-electron chi connectivity index (χ3n) is 2.79. The lowest BCUT2D eigenvalue weighted by molar-refractivity contribution is 0.311. The van der Waals surface area contributed by atoms with Gasteiger partial charge < -0.3 is 5.32 Å². The largest absolute Gasteiger partial charge is 0.369 e. The second-order valence-electron chi connectivity index (χ2n) is 4.85. The summed E-state index contributed by atoms with van der Waals surface area (Å²) in [6, 6.07) is 0. The van der Waals surface area contributed by atoms with E-state index in [1.807, 2.05) is 13.1 Å². The van der Waals surface area contributed by atoms with E-state index >= 15 is 0 Å². The molecular weight excluding hydrogens is 270 g/mol. The van der Waals surface area contributed by atoms with Gasteiger partial charge in [0.25, 0.3) is 0 Å². The highest BCUT2D eigenvalue weighted by atomic mass is 32.1. The molecule has 0 atom stereocenters. The number of thiazole rings is 1. The minimum Gasteiger partial charge on any atom is -0.369 e. The van der Waals surface area contributed by atoms with Crippen molar-refractivity contribution in [3.63, 3.8) is 0 Å². The zero-order valence-corrected chi connectivity index (χ0v) is 13.1. The van der Waals surface area contributed by atoms with Gasteiger partial charge in [0.05, 0.1) is 28.8 Å². The second-order valence-corrected chi connectivity index (χ2v) is 5.91. The Bertz CT molecular complexity index is 523. The molecule has 0 unspecified atom stereocenters. The van der Waals surface area contributed by atoms with Crippen LogP contribution in [-0.2, 0) is 13.1 Å². The van der Waals surface area contributed by atoms with Crippen molar-refractivity contribution in [1.29, 1.82) is 0 Å². The molecule has 0 fully saturated rings. The van der Waals surface area contributed by atoms with Gasteiger partial charge in [0.15, 0.2) is 0 Å². The van der Waals surface area contributed by atoms with E-state index in [1.165, 1.54) is 0 Å². The van der Waals surface area contributed by atoms with Crippen LogP contribution in [0.25, 0.3) is 0 Å². The van der Waals surface area contributed by atoms with Crippen LogP contribution in [0.2, 0.25) is 0 Å². The first-order chi connectivity index (χ1) is 9.67. The lowest BCUT2D eigenvalue weighted by Gasteiger charge is -2.14. The lowest BCUT2D eigenvalue weighted by Crippen LogP contribution is -2.18. The van der Waals surface area contributed by atoms with Gasteiger partial charge in [-0.25, -0.2) is 9.97 Å². The minimum atomic E-state index is 0.775. The van der Waals surface area contributed by atoms with Crippen LogP contribution < -0.4 is 5.32 Å². The summed E-state index contributed by atoms with van der Waals surface area (Å²) in [5.74, 6) is 0.841. The summed E-state index contributed by atoms with van der Waals surface area (Å²) in [5, 5.41) is 6.44. The average molecular weight is 291 g/mol. The predicted octanol–water partition coefficient (Wildman–Crippen LogP) is 2.70. The van der Waals surface area contributed by atoms with Gasteiger partial charge in [-0.2, -0.15) is 0 Å². The number of hydrogen-bond donors (Lipinski definition) is 1. The quantitative estimate of drug-likeness (QED) is 0.850. The van der Waals surface area contributed by atoms with Gasteiger partial charge in [-0.1, -0.05) is 6.92 Å². The van der Waals surface area contributed by atoms with Crippen molar-refractivity contribution in [3.8, 4) is 0 Å². The summed E-state index contributed by atoms with van der Waals surface area (Å²) >= 11 is 1.69. The predicted molar refractivity (Wildman–Crippen MR) is 82.8 cm³/mol. The first-order valence-electron chi connectivity index (χ1n) is 6.81. The molecule has 0 aliphatic heterocycles. The number of anilines is 1. The van der Waals surface area contributed by atoms with E-state index in [-0.39, 0.29) is 0 Å². The summed E-state index contributed by atoms with van der Waals surface area (Å²) < 4.78 is 0. The van der Waals surface area contributed by atoms with Crippen LogP contribution in [-0.4, -0.2) is 33.4 Å². The highest BCUT2D eigenvalue weighted by Gasteiger charge is 2.06. The van der Waals surface area contributed by atoms with E-state index in [2.05, 4.69) is 44.5 Å². The van der Waals surface area contributed by atoms with E-state index < -0.39 is 0 Å². The van der Waals surface area contributed by atoms with Gasteiger partial charge in [-0.05, 0) is 20.4 Å². The minimum absolute atomic E-state index is 0.775. The number of aryl methyl sites for hydroxylation is 1. The molecule has 108 valence electrons. The summed E-state index contributed by atoms with van der Waals surface area (Å²) in [7, 11) is 2.07. The van der Waals surface area contributed by atoms with E-state index in [0.717, 1.165) is 48.3 Å². The molecule has 2 aromatic rings. The summed E-state index contributed by atoms with van der Waals surface area (Å²) in [6.07, 6.45) is 4.71. The molecule has 0 saturated heterocycles. The number of rotatable bonds is 7. The Morgan fingerprint density at radius 2 is 2.00 bits per heavy atom. The maximum atomic E-state index is 4.47. The molecule has 6 heteroatoms. The summed E-state index contributed by atoms with van der Waals surface area (Å²) in [6.45, 7) is 6.70. The molecule has 0 spiro atoms. The molecule has 2 rings (SSSR count). The zero-order valence-electron chi connectivity index (χ0n) is 12.3. The van der Waals surface area contributed by atoms with Gasteiger partial charge in [0.2, 0.25) is 0 Å². The molecule has 0 aliphatic rings. The van der Waals surface area contributed by atoms with Gasteiger partial charge in [0, 0.05) is 25.0 Å². The normalized spacial score (nSPS) is 11.0. The highest BCUT2D eigenvalue weighted by Crippen LogP contribution is 2.11. The van der Waals surface area contributed by atoms with Crippen LogP contribution >= 0.6 is 11.3 Å². The molecular formula is C14H21N5S. The fourth-order valence-electron chi connectivity index (χ4n) is 1.87. The van der Waals surface area contributed by atoms with Gasteiger partial charge in [-0.3, -0.25) is 9.88 Å². The molecule has 20 heavy (non-hydrogen) atoms. The molecule has 0 bridgehead atoms. The molecule has 0 aromatic carbocycles. The molecule has 2 heterocycles. The summed E-state index contributed by atoms with van der Waals surface area (Å²) in [5.41, 5.74) is 2.09. The number of hydrogen-bond acceptors (Lipinski definition) is 6. The summed E-state index contributed by atoms with van der Waals surface area (Å²) in [4.78, 5) is 15.5. The van der Waals surface area contributed by atoms with Crippen molar-refractivity contribution in [2.75, 3.05) is 18.9 Å². The van der Waals surface area contributed by atoms with Crippen LogP contribution in [0, 0.1) is 6.92 Å². The Labute approximate surface area is 124 Å². The molecule has 5 nitrogen and oxygen atoms in total. The number of nitrogens with one attached hydrogen (secondary N) is 1. The van der Waals surface area contributed by atoms with Crippen LogP contribution in [0.4, 0.5) is 5.82 Å². The number of nitrogens with zero attached hydrogens (tertiary/aromatic N) is 4. The Morgan fingerprint density at radius 3 is 2.60 bits per heavy atom. The molecule has 0 aliphatic carbocycles. The number of aromatic nitrogens is 3. The Morgan fingerprint density at radius 1 is 1.20 bits per heavy atom.